The van der Waals surface area contributed by atoms with Crippen LogP contribution in [0.4, 0.5) is 5.00 Å². The maximum atomic E-state index is 11.9. The predicted octanol–water partition coefficient (Wildman–Crippen LogP) is 0.763. The Morgan fingerprint density at radius 3 is 2.89 bits per heavy atom. The molecule has 19 heavy (non-hydrogen) atoms. The van der Waals surface area contributed by atoms with E-state index in [-0.39, 0.29) is 25.5 Å². The van der Waals surface area contributed by atoms with Gasteiger partial charge in [0.2, 0.25) is 11.8 Å². The van der Waals surface area contributed by atoms with E-state index >= 15 is 0 Å². The van der Waals surface area contributed by atoms with Crippen molar-refractivity contribution in [3.05, 3.63) is 17.0 Å². The summed E-state index contributed by atoms with van der Waals surface area (Å²) >= 11 is 1.27. The highest BCUT2D eigenvalue weighted by atomic mass is 32.1. The molecule has 2 heterocycles. The summed E-state index contributed by atoms with van der Waals surface area (Å²) in [4.78, 5) is 36.2. The van der Waals surface area contributed by atoms with E-state index in [2.05, 4.69) is 0 Å². The van der Waals surface area contributed by atoms with Gasteiger partial charge in [-0.3, -0.25) is 9.59 Å². The number of carbonyl (C=O) groups is 3. The van der Waals surface area contributed by atoms with E-state index in [4.69, 9.17) is 10.5 Å². The fourth-order valence-corrected chi connectivity index (χ4v) is 2.88. The number of hydrogen-bond acceptors (Lipinski definition) is 5. The number of primary amides is 1. The van der Waals surface area contributed by atoms with Gasteiger partial charge in [-0.1, -0.05) is 0 Å². The van der Waals surface area contributed by atoms with E-state index in [1.165, 1.54) is 16.2 Å². The molecule has 1 atom stereocenters. The molecule has 1 fully saturated rings. The zero-order chi connectivity index (χ0) is 14.0. The minimum absolute atomic E-state index is 0.0928. The van der Waals surface area contributed by atoms with Gasteiger partial charge in [0.05, 0.1) is 18.1 Å². The first-order valence-corrected chi connectivity index (χ1v) is 6.76. The van der Waals surface area contributed by atoms with Crippen LogP contribution in [0.1, 0.15) is 23.7 Å². The molecule has 2 amide bonds. The normalized spacial score (nSPS) is 18.7. The molecule has 0 bridgehead atoms. The van der Waals surface area contributed by atoms with Gasteiger partial charge in [-0.2, -0.15) is 0 Å². The lowest BCUT2D eigenvalue weighted by atomic mass is 10.1. The molecule has 0 saturated carbocycles. The van der Waals surface area contributed by atoms with Crippen LogP contribution in [0.3, 0.4) is 0 Å². The summed E-state index contributed by atoms with van der Waals surface area (Å²) in [6, 6.07) is 1.61. The molecule has 0 spiro atoms. The Bertz CT molecular complexity index is 526. The van der Waals surface area contributed by atoms with Crippen molar-refractivity contribution in [2.75, 3.05) is 18.1 Å². The van der Waals surface area contributed by atoms with Crippen LogP contribution in [0.15, 0.2) is 11.4 Å². The second-order valence-electron chi connectivity index (χ2n) is 4.17. The summed E-state index contributed by atoms with van der Waals surface area (Å²) in [6.45, 7) is 2.21. The first-order valence-electron chi connectivity index (χ1n) is 5.88. The van der Waals surface area contributed by atoms with Crippen LogP contribution in [0.2, 0.25) is 0 Å². The number of carbonyl (C=O) groups excluding carboxylic acids is 3. The Balaban J connectivity index is 2.24. The highest BCUT2D eigenvalue weighted by Crippen LogP contribution is 2.33. The lowest BCUT2D eigenvalue weighted by Crippen LogP contribution is -2.28. The van der Waals surface area contributed by atoms with E-state index in [1.54, 1.807) is 18.4 Å². The molecule has 1 aromatic rings. The molecule has 1 unspecified atom stereocenters. The Hall–Kier alpha value is -1.89. The van der Waals surface area contributed by atoms with Gasteiger partial charge in [-0.05, 0) is 18.4 Å². The minimum atomic E-state index is -0.496. The van der Waals surface area contributed by atoms with Crippen molar-refractivity contribution < 1.29 is 19.1 Å². The van der Waals surface area contributed by atoms with E-state index in [0.717, 1.165) is 0 Å². The molecule has 2 N–H and O–H groups in total. The Morgan fingerprint density at radius 2 is 2.32 bits per heavy atom. The first kappa shape index (κ1) is 13.5. The monoisotopic (exact) mass is 282 g/mol. The quantitative estimate of drug-likeness (QED) is 0.826. The van der Waals surface area contributed by atoms with Crippen molar-refractivity contribution in [1.82, 2.24) is 0 Å². The molecule has 1 aliphatic heterocycles. The van der Waals surface area contributed by atoms with Gasteiger partial charge in [0, 0.05) is 13.0 Å². The SMILES string of the molecule is CCOC(=O)c1ccsc1N1CC(C(N)=O)CC1=O. The molecular weight excluding hydrogens is 268 g/mol. The third-order valence-electron chi connectivity index (χ3n) is 2.91. The number of hydrogen-bond donors (Lipinski definition) is 1. The predicted molar refractivity (Wildman–Crippen MR) is 69.9 cm³/mol. The maximum Gasteiger partial charge on any atom is 0.341 e. The largest absolute Gasteiger partial charge is 0.462 e. The summed E-state index contributed by atoms with van der Waals surface area (Å²) in [7, 11) is 0. The van der Waals surface area contributed by atoms with Crippen LogP contribution in [0.25, 0.3) is 0 Å². The number of amides is 2. The standard InChI is InChI=1S/C12H14N2O4S/c1-2-18-12(17)8-3-4-19-11(8)14-6-7(10(13)16)5-9(14)15/h3-4,7H,2,5-6H2,1H3,(H2,13,16). The number of anilines is 1. The van der Waals surface area contributed by atoms with Crippen molar-refractivity contribution in [2.24, 2.45) is 11.7 Å². The van der Waals surface area contributed by atoms with Crippen molar-refractivity contribution in [2.45, 2.75) is 13.3 Å². The first-order chi connectivity index (χ1) is 9.04. The van der Waals surface area contributed by atoms with E-state index < -0.39 is 17.8 Å². The zero-order valence-electron chi connectivity index (χ0n) is 10.4. The third kappa shape index (κ3) is 2.60. The van der Waals surface area contributed by atoms with Gasteiger partial charge in [-0.25, -0.2) is 4.79 Å². The average Bonchev–Trinajstić information content (AvgIpc) is 2.94. The van der Waals surface area contributed by atoms with Gasteiger partial charge >= 0.3 is 5.97 Å². The molecule has 1 aromatic heterocycles. The molecule has 1 saturated heterocycles. The minimum Gasteiger partial charge on any atom is -0.462 e. The van der Waals surface area contributed by atoms with E-state index in [9.17, 15) is 14.4 Å². The number of thiophene rings is 1. The van der Waals surface area contributed by atoms with E-state index in [1.807, 2.05) is 0 Å². The van der Waals surface area contributed by atoms with Crippen LogP contribution < -0.4 is 10.6 Å². The van der Waals surface area contributed by atoms with E-state index in [0.29, 0.717) is 10.6 Å². The smallest absolute Gasteiger partial charge is 0.341 e. The lowest BCUT2D eigenvalue weighted by Gasteiger charge is -2.15. The van der Waals surface area contributed by atoms with Gasteiger partial charge in [0.15, 0.2) is 0 Å². The number of nitrogens with zero attached hydrogens (tertiary/aromatic N) is 1. The molecule has 6 nitrogen and oxygen atoms in total. The summed E-state index contributed by atoms with van der Waals surface area (Å²) in [5.41, 5.74) is 5.57. The van der Waals surface area contributed by atoms with Crippen molar-refractivity contribution in [1.29, 1.82) is 0 Å². The molecule has 102 valence electrons. The molecular formula is C12H14N2O4S. The molecule has 1 aliphatic rings. The highest BCUT2D eigenvalue weighted by molar-refractivity contribution is 7.14. The number of rotatable bonds is 4. The number of nitrogens with two attached hydrogens (primary N) is 1. The van der Waals surface area contributed by atoms with Crippen LogP contribution in [-0.4, -0.2) is 30.9 Å². The molecule has 2 rings (SSSR count). The third-order valence-corrected chi connectivity index (χ3v) is 3.85. The Kier molecular flexibility index (Phi) is 3.84. The van der Waals surface area contributed by atoms with Crippen LogP contribution in [-0.2, 0) is 14.3 Å². The lowest BCUT2D eigenvalue weighted by molar-refractivity contribution is -0.123. The summed E-state index contributed by atoms with van der Waals surface area (Å²) < 4.78 is 4.93. The zero-order valence-corrected chi connectivity index (χ0v) is 11.2. The molecule has 0 radical (unpaired) electrons. The number of ether oxygens (including phenoxy) is 1. The van der Waals surface area contributed by atoms with Crippen molar-refractivity contribution in [3.8, 4) is 0 Å². The highest BCUT2D eigenvalue weighted by Gasteiger charge is 2.36. The topological polar surface area (TPSA) is 89.7 Å². The fraction of sp³-hybridized carbons (Fsp3) is 0.417. The van der Waals surface area contributed by atoms with Crippen molar-refractivity contribution >= 4 is 34.1 Å². The second kappa shape index (κ2) is 5.40. The van der Waals surface area contributed by atoms with Crippen LogP contribution in [0, 0.1) is 5.92 Å². The Morgan fingerprint density at radius 1 is 1.58 bits per heavy atom. The summed E-state index contributed by atoms with van der Waals surface area (Å²) in [5, 5.41) is 2.24. The van der Waals surface area contributed by atoms with Crippen LogP contribution in [0.5, 0.6) is 0 Å². The second-order valence-corrected chi connectivity index (χ2v) is 5.06. The summed E-state index contributed by atoms with van der Waals surface area (Å²) in [6.07, 6.45) is 0.0928. The molecule has 0 aliphatic carbocycles. The van der Waals surface area contributed by atoms with Crippen LogP contribution >= 0.6 is 11.3 Å². The molecule has 0 aromatic carbocycles. The van der Waals surface area contributed by atoms with Gasteiger partial charge in [0.25, 0.3) is 0 Å². The van der Waals surface area contributed by atoms with Gasteiger partial charge in [0.1, 0.15) is 5.00 Å². The van der Waals surface area contributed by atoms with Crippen molar-refractivity contribution in [3.63, 3.8) is 0 Å². The average molecular weight is 282 g/mol. The number of esters is 1. The van der Waals surface area contributed by atoms with Gasteiger partial charge < -0.3 is 15.4 Å². The Labute approximate surface area is 114 Å². The summed E-state index contributed by atoms with van der Waals surface area (Å²) in [5.74, 6) is -1.65. The molecule has 7 heteroatoms. The maximum absolute atomic E-state index is 11.9. The van der Waals surface area contributed by atoms with Gasteiger partial charge in [-0.15, -0.1) is 11.3 Å². The fourth-order valence-electron chi connectivity index (χ4n) is 1.97.